The van der Waals surface area contributed by atoms with E-state index in [1.165, 1.54) is 12.1 Å². The highest BCUT2D eigenvalue weighted by Crippen LogP contribution is 2.30. The lowest BCUT2D eigenvalue weighted by molar-refractivity contribution is 0.532. The van der Waals surface area contributed by atoms with Crippen molar-refractivity contribution in [3.63, 3.8) is 0 Å². The highest BCUT2D eigenvalue weighted by atomic mass is 127. The molecule has 0 aromatic heterocycles. The van der Waals surface area contributed by atoms with E-state index < -0.39 is 11.6 Å². The highest BCUT2D eigenvalue weighted by Gasteiger charge is 2.21. The molecule has 0 spiro atoms. The Morgan fingerprint density at radius 2 is 1.86 bits per heavy atom. The molecule has 0 saturated carbocycles. The van der Waals surface area contributed by atoms with Crippen LogP contribution < -0.4 is 5.32 Å². The fourth-order valence-electron chi connectivity index (χ4n) is 2.14. The number of halogens is 4. The summed E-state index contributed by atoms with van der Waals surface area (Å²) in [6.45, 7) is 2.77. The minimum absolute atomic E-state index is 0.140. The average Bonchev–Trinajstić information content (AvgIpc) is 2.46. The van der Waals surface area contributed by atoms with Crippen LogP contribution in [-0.2, 0) is 0 Å². The summed E-state index contributed by atoms with van der Waals surface area (Å²) in [6, 6.07) is 9.82. The van der Waals surface area contributed by atoms with Crippen molar-refractivity contribution in [3.8, 4) is 0 Å². The van der Waals surface area contributed by atoms with E-state index in [4.69, 9.17) is 0 Å². The van der Waals surface area contributed by atoms with Crippen molar-refractivity contribution in [1.82, 2.24) is 5.32 Å². The van der Waals surface area contributed by atoms with Gasteiger partial charge in [0, 0.05) is 9.13 Å². The topological polar surface area (TPSA) is 12.0 Å². The number of benzene rings is 2. The van der Waals surface area contributed by atoms with Crippen molar-refractivity contribution < 1.29 is 8.78 Å². The third-order valence-electron chi connectivity index (χ3n) is 3.17. The predicted molar refractivity (Wildman–Crippen MR) is 93.4 cm³/mol. The summed E-state index contributed by atoms with van der Waals surface area (Å²) < 4.78 is 29.3. The van der Waals surface area contributed by atoms with E-state index in [9.17, 15) is 8.78 Å². The van der Waals surface area contributed by atoms with Gasteiger partial charge in [0.2, 0.25) is 0 Å². The zero-order chi connectivity index (χ0) is 15.4. The summed E-state index contributed by atoms with van der Waals surface area (Å²) >= 11 is 5.23. The third kappa shape index (κ3) is 4.02. The first-order chi connectivity index (χ1) is 10.0. The fourth-order valence-corrected chi connectivity index (χ4v) is 3.16. The van der Waals surface area contributed by atoms with Gasteiger partial charge in [0.25, 0.3) is 0 Å². The monoisotopic (exact) mass is 465 g/mol. The maximum absolute atomic E-state index is 14.3. The Morgan fingerprint density at radius 1 is 1.14 bits per heavy atom. The summed E-state index contributed by atoms with van der Waals surface area (Å²) in [6.07, 6.45) is 0.917. The van der Waals surface area contributed by atoms with Crippen LogP contribution >= 0.6 is 38.5 Å². The van der Waals surface area contributed by atoms with E-state index in [1.807, 2.05) is 31.2 Å². The van der Waals surface area contributed by atoms with E-state index in [0.717, 1.165) is 22.1 Å². The van der Waals surface area contributed by atoms with Gasteiger partial charge < -0.3 is 5.32 Å². The van der Waals surface area contributed by atoms with Gasteiger partial charge in [0.15, 0.2) is 0 Å². The number of hydrogen-bond acceptors (Lipinski definition) is 1. The smallest absolute Gasteiger partial charge is 0.137 e. The molecule has 2 aromatic carbocycles. The third-order valence-corrected chi connectivity index (χ3v) is 4.76. The molecule has 1 N–H and O–H groups in total. The largest absolute Gasteiger partial charge is 0.306 e. The lowest BCUT2D eigenvalue weighted by Crippen LogP contribution is -2.25. The molecule has 0 aliphatic rings. The van der Waals surface area contributed by atoms with Gasteiger partial charge in [-0.1, -0.05) is 25.1 Å². The molecule has 2 aromatic rings. The zero-order valence-corrected chi connectivity index (χ0v) is 15.2. The second-order valence-corrected chi connectivity index (χ2v) is 6.71. The minimum Gasteiger partial charge on any atom is -0.306 e. The molecule has 0 fully saturated rings. The van der Waals surface area contributed by atoms with Crippen LogP contribution in [0.2, 0.25) is 0 Å². The summed E-state index contributed by atoms with van der Waals surface area (Å²) in [5, 5.41) is 3.30. The second-order valence-electron chi connectivity index (χ2n) is 4.70. The fraction of sp³-hybridized carbons (Fsp3) is 0.250. The average molecular weight is 466 g/mol. The Labute approximate surface area is 145 Å². The van der Waals surface area contributed by atoms with Crippen LogP contribution in [0.5, 0.6) is 0 Å². The van der Waals surface area contributed by atoms with E-state index in [-0.39, 0.29) is 10.5 Å². The molecule has 1 unspecified atom stereocenters. The molecule has 0 saturated heterocycles. The normalized spacial score (nSPS) is 12.4. The molecule has 0 radical (unpaired) electrons. The molecule has 0 aliphatic heterocycles. The lowest BCUT2D eigenvalue weighted by Gasteiger charge is -2.21. The molecule has 0 aliphatic carbocycles. The van der Waals surface area contributed by atoms with Gasteiger partial charge in [0.05, 0.1) is 10.5 Å². The number of hydrogen-bond donors (Lipinski definition) is 1. The maximum Gasteiger partial charge on any atom is 0.137 e. The van der Waals surface area contributed by atoms with E-state index >= 15 is 0 Å². The van der Waals surface area contributed by atoms with Crippen LogP contribution in [0.25, 0.3) is 0 Å². The second kappa shape index (κ2) is 7.65. The molecule has 21 heavy (non-hydrogen) atoms. The molecule has 2 rings (SSSR count). The van der Waals surface area contributed by atoms with Crippen molar-refractivity contribution in [2.45, 2.75) is 19.4 Å². The van der Waals surface area contributed by atoms with Crippen LogP contribution in [0.4, 0.5) is 8.78 Å². The highest BCUT2D eigenvalue weighted by molar-refractivity contribution is 14.1. The molecular formula is C16H15BrF2IN. The van der Waals surface area contributed by atoms with E-state index in [2.05, 4.69) is 43.8 Å². The molecule has 0 amide bonds. The first-order valence-electron chi connectivity index (χ1n) is 6.66. The molecule has 112 valence electrons. The van der Waals surface area contributed by atoms with Gasteiger partial charge in [-0.15, -0.1) is 0 Å². The standard InChI is InChI=1S/C16H15BrF2IN/c1-2-7-21-16(10-5-3-4-6-15(10)20)11-8-14(19)12(17)9-13(11)18/h3-6,8-9,16,21H,2,7H2,1H3. The summed E-state index contributed by atoms with van der Waals surface area (Å²) in [4.78, 5) is 0. The summed E-state index contributed by atoms with van der Waals surface area (Å²) in [5.41, 5.74) is 1.28. The molecule has 1 nitrogen and oxygen atoms in total. The SMILES string of the molecule is CCCNC(c1cc(F)c(Br)cc1F)c1ccccc1I. The van der Waals surface area contributed by atoms with Crippen LogP contribution in [0.15, 0.2) is 40.9 Å². The Kier molecular flexibility index (Phi) is 6.13. The van der Waals surface area contributed by atoms with Crippen LogP contribution in [-0.4, -0.2) is 6.54 Å². The quantitative estimate of drug-likeness (QED) is 0.459. The molecular weight excluding hydrogens is 451 g/mol. The minimum atomic E-state index is -0.458. The Balaban J connectivity index is 2.51. The Morgan fingerprint density at radius 3 is 2.52 bits per heavy atom. The van der Waals surface area contributed by atoms with Gasteiger partial charge in [-0.3, -0.25) is 0 Å². The van der Waals surface area contributed by atoms with Crippen molar-refractivity contribution in [2.24, 2.45) is 0 Å². The molecule has 0 heterocycles. The van der Waals surface area contributed by atoms with Crippen molar-refractivity contribution in [3.05, 3.63) is 67.2 Å². The van der Waals surface area contributed by atoms with Gasteiger partial charge >= 0.3 is 0 Å². The van der Waals surface area contributed by atoms with Crippen LogP contribution in [0, 0.1) is 15.2 Å². The number of nitrogens with one attached hydrogen (secondary N) is 1. The van der Waals surface area contributed by atoms with Crippen molar-refractivity contribution >= 4 is 38.5 Å². The molecule has 0 bridgehead atoms. The van der Waals surface area contributed by atoms with Crippen molar-refractivity contribution in [1.29, 1.82) is 0 Å². The van der Waals surface area contributed by atoms with Gasteiger partial charge in [-0.2, -0.15) is 0 Å². The van der Waals surface area contributed by atoms with Gasteiger partial charge in [-0.25, -0.2) is 8.78 Å². The van der Waals surface area contributed by atoms with E-state index in [0.29, 0.717) is 5.56 Å². The first-order valence-corrected chi connectivity index (χ1v) is 8.54. The van der Waals surface area contributed by atoms with Crippen LogP contribution in [0.3, 0.4) is 0 Å². The maximum atomic E-state index is 14.3. The van der Waals surface area contributed by atoms with Crippen LogP contribution in [0.1, 0.15) is 30.5 Å². The molecule has 5 heteroatoms. The predicted octanol–water partition coefficient (Wildman–Crippen LogP) is 5.42. The van der Waals surface area contributed by atoms with Gasteiger partial charge in [-0.05, 0) is 75.2 Å². The summed E-state index contributed by atoms with van der Waals surface area (Å²) in [7, 11) is 0. The Hall–Kier alpha value is -0.530. The van der Waals surface area contributed by atoms with Crippen molar-refractivity contribution in [2.75, 3.05) is 6.54 Å². The van der Waals surface area contributed by atoms with Gasteiger partial charge in [0.1, 0.15) is 11.6 Å². The first kappa shape index (κ1) is 16.8. The van der Waals surface area contributed by atoms with E-state index in [1.54, 1.807) is 0 Å². The lowest BCUT2D eigenvalue weighted by atomic mass is 9.98. The Bertz CT molecular complexity index is 634. The zero-order valence-electron chi connectivity index (χ0n) is 11.5. The summed E-state index contributed by atoms with van der Waals surface area (Å²) in [5.74, 6) is -0.878. The number of rotatable bonds is 5. The molecule has 1 atom stereocenters.